The van der Waals surface area contributed by atoms with E-state index in [1.54, 1.807) is 12.3 Å². The fraction of sp³-hybridized carbons (Fsp3) is 0.300. The molecule has 0 aliphatic carbocycles. The predicted octanol–water partition coefficient (Wildman–Crippen LogP) is 1.91. The third kappa shape index (κ3) is 5.18. The van der Waals surface area contributed by atoms with Crippen LogP contribution in [0.2, 0.25) is 0 Å². The Morgan fingerprint density at radius 3 is 2.82 bits per heavy atom. The molecule has 1 aromatic rings. The van der Waals surface area contributed by atoms with Gasteiger partial charge in [-0.2, -0.15) is 0 Å². The number of thioether (sulfide) groups is 1. The Morgan fingerprint density at radius 1 is 1.53 bits per heavy atom. The Kier molecular flexibility index (Phi) is 5.43. The number of carbonyl (C=O) groups excluding carboxylic acids is 1. The zero-order chi connectivity index (χ0) is 12.8. The van der Waals surface area contributed by atoms with Gasteiger partial charge in [-0.3, -0.25) is 9.59 Å². The molecule has 0 spiro atoms. The van der Waals surface area contributed by atoms with Gasteiger partial charge in [-0.05, 0) is 34.5 Å². The molecule has 7 heteroatoms. The number of aliphatic carboxylic acids is 1. The highest BCUT2D eigenvalue weighted by Gasteiger charge is 2.06. The Morgan fingerprint density at radius 2 is 2.24 bits per heavy atom. The van der Waals surface area contributed by atoms with E-state index in [9.17, 15) is 9.59 Å². The number of nitrogens with one attached hydrogen (secondary N) is 1. The molecule has 92 valence electrons. The number of pyridine rings is 1. The second kappa shape index (κ2) is 6.61. The van der Waals surface area contributed by atoms with Crippen LogP contribution >= 0.6 is 27.7 Å². The van der Waals surface area contributed by atoms with Crippen LogP contribution in [0.15, 0.2) is 16.7 Å². The van der Waals surface area contributed by atoms with Gasteiger partial charge in [0, 0.05) is 10.7 Å². The Labute approximate surface area is 111 Å². The first-order valence-corrected chi connectivity index (χ1v) is 6.65. The minimum absolute atomic E-state index is 0.0831. The zero-order valence-corrected chi connectivity index (χ0v) is 11.5. The minimum atomic E-state index is -0.930. The van der Waals surface area contributed by atoms with Crippen molar-refractivity contribution >= 4 is 45.4 Å². The van der Waals surface area contributed by atoms with Crippen molar-refractivity contribution in [1.29, 1.82) is 0 Å². The molecule has 1 amide bonds. The number of aryl methyl sites for hydroxylation is 1. The minimum Gasteiger partial charge on any atom is -0.481 e. The third-order valence-electron chi connectivity index (χ3n) is 1.77. The number of amides is 1. The summed E-state index contributed by atoms with van der Waals surface area (Å²) in [6.45, 7) is 1.89. The fourth-order valence-corrected chi connectivity index (χ4v) is 1.77. The highest BCUT2D eigenvalue weighted by molar-refractivity contribution is 9.10. The molecular formula is C10H11BrN2O3S. The Balaban J connectivity index is 2.45. The summed E-state index contributed by atoms with van der Waals surface area (Å²) in [5.74, 6) is -0.707. The van der Waals surface area contributed by atoms with Crippen LogP contribution in [0, 0.1) is 6.92 Å². The van der Waals surface area contributed by atoms with E-state index in [1.165, 1.54) is 0 Å². The summed E-state index contributed by atoms with van der Waals surface area (Å²) < 4.78 is 0.871. The molecule has 17 heavy (non-hydrogen) atoms. The first-order chi connectivity index (χ1) is 7.99. The molecular weight excluding hydrogens is 308 g/mol. The van der Waals surface area contributed by atoms with E-state index in [1.807, 2.05) is 6.92 Å². The van der Waals surface area contributed by atoms with Crippen molar-refractivity contribution in [1.82, 2.24) is 4.98 Å². The summed E-state index contributed by atoms with van der Waals surface area (Å²) in [5, 5.41) is 11.0. The second-order valence-electron chi connectivity index (χ2n) is 3.25. The third-order valence-corrected chi connectivity index (χ3v) is 3.52. The van der Waals surface area contributed by atoms with Crippen molar-refractivity contribution in [2.75, 3.05) is 16.8 Å². The van der Waals surface area contributed by atoms with Crippen molar-refractivity contribution in [3.05, 3.63) is 22.3 Å². The highest BCUT2D eigenvalue weighted by Crippen LogP contribution is 2.17. The van der Waals surface area contributed by atoms with Crippen LogP contribution in [-0.4, -0.2) is 33.5 Å². The lowest BCUT2D eigenvalue weighted by molar-refractivity contribution is -0.133. The molecule has 0 fully saturated rings. The van der Waals surface area contributed by atoms with Gasteiger partial charge in [0.1, 0.15) is 5.82 Å². The lowest BCUT2D eigenvalue weighted by Crippen LogP contribution is -2.16. The van der Waals surface area contributed by atoms with Gasteiger partial charge in [0.25, 0.3) is 0 Å². The van der Waals surface area contributed by atoms with E-state index >= 15 is 0 Å². The van der Waals surface area contributed by atoms with Crippen LogP contribution < -0.4 is 5.32 Å². The molecule has 0 bridgehead atoms. The summed E-state index contributed by atoms with van der Waals surface area (Å²) >= 11 is 4.36. The Bertz CT molecular complexity index is 440. The van der Waals surface area contributed by atoms with Crippen molar-refractivity contribution in [3.63, 3.8) is 0 Å². The Hall–Kier alpha value is -1.08. The molecule has 0 atom stereocenters. The van der Waals surface area contributed by atoms with Gasteiger partial charge in [0.05, 0.1) is 11.5 Å². The first kappa shape index (κ1) is 14.0. The molecule has 0 saturated carbocycles. The van der Waals surface area contributed by atoms with Crippen LogP contribution in [0.1, 0.15) is 5.56 Å². The van der Waals surface area contributed by atoms with Gasteiger partial charge in [0.15, 0.2) is 0 Å². The number of halogens is 1. The number of aromatic nitrogens is 1. The predicted molar refractivity (Wildman–Crippen MR) is 70.3 cm³/mol. The van der Waals surface area contributed by atoms with E-state index < -0.39 is 5.97 Å². The SMILES string of the molecule is Cc1cc(NC(=O)CSCC(=O)O)ncc1Br. The average molecular weight is 319 g/mol. The van der Waals surface area contributed by atoms with Crippen LogP contribution in [0.25, 0.3) is 0 Å². The van der Waals surface area contributed by atoms with Crippen LogP contribution in [0.3, 0.4) is 0 Å². The van der Waals surface area contributed by atoms with Crippen LogP contribution in [0.5, 0.6) is 0 Å². The normalized spacial score (nSPS) is 10.0. The molecule has 5 nitrogen and oxygen atoms in total. The number of anilines is 1. The maximum Gasteiger partial charge on any atom is 0.313 e. The maximum atomic E-state index is 11.4. The summed E-state index contributed by atoms with van der Waals surface area (Å²) in [5.41, 5.74) is 0.966. The summed E-state index contributed by atoms with van der Waals surface area (Å²) in [4.78, 5) is 25.7. The smallest absolute Gasteiger partial charge is 0.313 e. The molecule has 1 rings (SSSR count). The maximum absolute atomic E-state index is 11.4. The lowest BCUT2D eigenvalue weighted by Gasteiger charge is -2.05. The van der Waals surface area contributed by atoms with Crippen molar-refractivity contribution < 1.29 is 14.7 Å². The number of nitrogens with zero attached hydrogens (tertiary/aromatic N) is 1. The molecule has 0 saturated heterocycles. The number of hydrogen-bond acceptors (Lipinski definition) is 4. The van der Waals surface area contributed by atoms with E-state index in [2.05, 4.69) is 26.2 Å². The molecule has 0 unspecified atom stereocenters. The van der Waals surface area contributed by atoms with Crippen molar-refractivity contribution in [2.45, 2.75) is 6.92 Å². The molecule has 0 aliphatic heterocycles. The van der Waals surface area contributed by atoms with Gasteiger partial charge in [0.2, 0.25) is 5.91 Å². The van der Waals surface area contributed by atoms with Crippen molar-refractivity contribution in [3.8, 4) is 0 Å². The molecule has 1 aromatic heterocycles. The van der Waals surface area contributed by atoms with Gasteiger partial charge >= 0.3 is 5.97 Å². The van der Waals surface area contributed by atoms with Gasteiger partial charge < -0.3 is 10.4 Å². The van der Waals surface area contributed by atoms with E-state index in [0.717, 1.165) is 21.8 Å². The van der Waals surface area contributed by atoms with Gasteiger partial charge in [-0.25, -0.2) is 4.98 Å². The van der Waals surface area contributed by atoms with Crippen molar-refractivity contribution in [2.24, 2.45) is 0 Å². The van der Waals surface area contributed by atoms with Gasteiger partial charge in [-0.15, -0.1) is 11.8 Å². The molecule has 2 N–H and O–H groups in total. The quantitative estimate of drug-likeness (QED) is 0.867. The number of hydrogen-bond donors (Lipinski definition) is 2. The lowest BCUT2D eigenvalue weighted by atomic mass is 10.3. The number of carboxylic acids is 1. The number of carboxylic acid groups (broad SMARTS) is 1. The van der Waals surface area contributed by atoms with E-state index in [-0.39, 0.29) is 17.4 Å². The second-order valence-corrected chi connectivity index (χ2v) is 5.09. The van der Waals surface area contributed by atoms with E-state index in [0.29, 0.717) is 5.82 Å². The molecule has 1 heterocycles. The van der Waals surface area contributed by atoms with Crippen LogP contribution in [0.4, 0.5) is 5.82 Å². The van der Waals surface area contributed by atoms with Gasteiger partial charge in [-0.1, -0.05) is 0 Å². The monoisotopic (exact) mass is 318 g/mol. The zero-order valence-electron chi connectivity index (χ0n) is 9.07. The number of carbonyl (C=O) groups is 2. The first-order valence-electron chi connectivity index (χ1n) is 4.70. The summed E-state index contributed by atoms with van der Waals surface area (Å²) in [7, 11) is 0. The summed E-state index contributed by atoms with van der Waals surface area (Å²) in [6, 6.07) is 1.74. The molecule has 0 aliphatic rings. The fourth-order valence-electron chi connectivity index (χ4n) is 1.02. The highest BCUT2D eigenvalue weighted by atomic mass is 79.9. The van der Waals surface area contributed by atoms with E-state index in [4.69, 9.17) is 5.11 Å². The number of rotatable bonds is 5. The largest absolute Gasteiger partial charge is 0.481 e. The summed E-state index contributed by atoms with van der Waals surface area (Å²) in [6.07, 6.45) is 1.61. The molecule has 0 radical (unpaired) electrons. The molecule has 0 aromatic carbocycles. The van der Waals surface area contributed by atoms with Crippen LogP contribution in [-0.2, 0) is 9.59 Å². The topological polar surface area (TPSA) is 79.3 Å². The average Bonchev–Trinajstić information content (AvgIpc) is 2.23. The standard InChI is InChI=1S/C10H11BrN2O3S/c1-6-2-8(12-3-7(6)11)13-9(14)4-17-5-10(15)16/h2-3H,4-5H2,1H3,(H,15,16)(H,12,13,14).